The fraction of sp³-hybridized carbons (Fsp3) is 0.429. The highest BCUT2D eigenvalue weighted by molar-refractivity contribution is 6.29. The van der Waals surface area contributed by atoms with E-state index >= 15 is 0 Å². The molecule has 0 radical (unpaired) electrons. The Morgan fingerprint density at radius 1 is 1.12 bits per heavy atom. The third-order valence-corrected chi connectivity index (χ3v) is 2.60. The molecule has 6 nitrogen and oxygen atoms in total. The Balaban J connectivity index is 2.64. The van der Waals surface area contributed by atoms with Crippen LogP contribution in [0.1, 0.15) is 28.9 Å². The van der Waals surface area contributed by atoms with E-state index in [0.29, 0.717) is 0 Å². The average Bonchev–Trinajstić information content (AvgIpc) is 2.58. The lowest BCUT2D eigenvalue weighted by Crippen LogP contribution is -2.34. The predicted molar refractivity (Wildman–Crippen MR) is 86.0 cm³/mol. The first-order valence-corrected chi connectivity index (χ1v) is 6.98. The normalized spacial score (nSPS) is 17.1. The van der Waals surface area contributed by atoms with Gasteiger partial charge in [0.05, 0.1) is 4.11 Å². The van der Waals surface area contributed by atoms with Crippen molar-refractivity contribution in [3.63, 3.8) is 0 Å². The molecule has 0 bridgehead atoms. The zero-order chi connectivity index (χ0) is 23.0. The average molecular weight is 367 g/mol. The lowest BCUT2D eigenvalue weighted by atomic mass is 10.3. The summed E-state index contributed by atoms with van der Waals surface area (Å²) in [5.74, 6) is -1.38. The third kappa shape index (κ3) is 4.92. The Morgan fingerprint density at radius 3 is 2.38 bits per heavy atom. The third-order valence-electron chi connectivity index (χ3n) is 2.42. The number of halogens is 4. The highest BCUT2D eigenvalue weighted by Crippen LogP contribution is 2.24. The van der Waals surface area contributed by atoms with Gasteiger partial charge in [-0.1, -0.05) is 17.6 Å². The molecule has 0 saturated heterocycles. The molecule has 1 atom stereocenters. The van der Waals surface area contributed by atoms with Gasteiger partial charge in [-0.15, -0.1) is 0 Å². The molecule has 0 amide bonds. The lowest BCUT2D eigenvalue weighted by Gasteiger charge is -2.18. The number of nitrogens with zero attached hydrogens (tertiary/aromatic N) is 4. The molecule has 0 fully saturated rings. The molecule has 2 aromatic heterocycles. The highest BCUT2D eigenvalue weighted by Gasteiger charge is 2.36. The minimum Gasteiger partial charge on any atom is -0.352 e. The molecule has 0 spiro atoms. The van der Waals surface area contributed by atoms with Crippen LogP contribution in [0.2, 0.25) is 5.15 Å². The zero-order valence-electron chi connectivity index (χ0n) is 18.5. The second-order valence-electron chi connectivity index (χ2n) is 4.85. The van der Waals surface area contributed by atoms with Crippen LogP contribution in [0.5, 0.6) is 0 Å². The van der Waals surface area contributed by atoms with Crippen molar-refractivity contribution in [2.45, 2.75) is 39.0 Å². The number of hydrogen-bond donors (Lipinski definition) is 2. The monoisotopic (exact) mass is 366 g/mol. The summed E-state index contributed by atoms with van der Waals surface area (Å²) >= 11 is 5.78. The van der Waals surface area contributed by atoms with E-state index in [1.54, 1.807) is 19.2 Å². The van der Waals surface area contributed by atoms with E-state index in [9.17, 15) is 13.2 Å². The van der Waals surface area contributed by atoms with E-state index in [4.69, 9.17) is 19.8 Å². The molecule has 0 aliphatic rings. The second-order valence-corrected chi connectivity index (χ2v) is 5.21. The van der Waals surface area contributed by atoms with E-state index in [1.807, 2.05) is 0 Å². The summed E-state index contributed by atoms with van der Waals surface area (Å²) in [6.45, 7) is -0.0707. The Bertz CT molecular complexity index is 926. The SMILES string of the molecule is [2H]c1c(Cl)nc(-c2nc(NC(C)C)nc(N[C@H](C([2H])([2H])[2H])C(F)(F)F)n2)c([2H])c1[2H]. The van der Waals surface area contributed by atoms with Gasteiger partial charge in [0.2, 0.25) is 11.9 Å². The van der Waals surface area contributed by atoms with E-state index in [0.717, 1.165) is 0 Å². The number of alkyl halides is 3. The van der Waals surface area contributed by atoms with Crippen LogP contribution < -0.4 is 10.6 Å². The van der Waals surface area contributed by atoms with Crippen molar-refractivity contribution >= 4 is 23.5 Å². The summed E-state index contributed by atoms with van der Waals surface area (Å²) in [7, 11) is 0. The van der Waals surface area contributed by atoms with Crippen LogP contribution in [-0.2, 0) is 0 Å². The number of aromatic nitrogens is 4. The Kier molecular flexibility index (Phi) is 3.40. The first-order valence-electron chi connectivity index (χ1n) is 9.60. The first kappa shape index (κ1) is 11.4. The summed E-state index contributed by atoms with van der Waals surface area (Å²) in [5.41, 5.74) is -0.379. The van der Waals surface area contributed by atoms with Gasteiger partial charge in [-0.05, 0) is 32.8 Å². The molecule has 2 N–H and O–H groups in total. The van der Waals surface area contributed by atoms with Crippen LogP contribution in [0, 0.1) is 0 Å². The molecule has 0 unspecified atom stereocenters. The lowest BCUT2D eigenvalue weighted by molar-refractivity contribution is -0.138. The van der Waals surface area contributed by atoms with Gasteiger partial charge in [0, 0.05) is 10.2 Å². The molecule has 0 aliphatic heterocycles. The minimum atomic E-state index is -5.15. The van der Waals surface area contributed by atoms with Crippen LogP contribution in [0.4, 0.5) is 25.1 Å². The standard InChI is InChI=1S/C14H16ClF3N6/c1-7(2)19-12-22-11(9-5-4-6-10(15)21-9)23-13(24-12)20-8(3)14(16,17)18/h4-8H,1-3H3,(H2,19,20,22,23,24)/t8-/m1/s1/i3D3,4D,5D,6D. The smallest absolute Gasteiger partial charge is 0.352 e. The highest BCUT2D eigenvalue weighted by atomic mass is 35.5. The fourth-order valence-electron chi connectivity index (χ4n) is 1.48. The topological polar surface area (TPSA) is 75.6 Å². The summed E-state index contributed by atoms with van der Waals surface area (Å²) in [5, 5.41) is 4.05. The summed E-state index contributed by atoms with van der Waals surface area (Å²) in [6.07, 6.45) is -5.15. The summed E-state index contributed by atoms with van der Waals surface area (Å²) in [4.78, 5) is 15.2. The van der Waals surface area contributed by atoms with Crippen LogP contribution in [0.15, 0.2) is 18.1 Å². The fourth-order valence-corrected chi connectivity index (χ4v) is 1.61. The number of pyridine rings is 1. The van der Waals surface area contributed by atoms with Gasteiger partial charge in [0.25, 0.3) is 0 Å². The maximum absolute atomic E-state index is 13.2. The van der Waals surface area contributed by atoms with Crippen molar-refractivity contribution in [2.24, 2.45) is 0 Å². The van der Waals surface area contributed by atoms with E-state index in [1.165, 1.54) is 0 Å². The van der Waals surface area contributed by atoms with Crippen LogP contribution in [0.3, 0.4) is 0 Å². The largest absolute Gasteiger partial charge is 0.408 e. The van der Waals surface area contributed by atoms with Crippen molar-refractivity contribution in [2.75, 3.05) is 10.6 Å². The van der Waals surface area contributed by atoms with Gasteiger partial charge in [-0.25, -0.2) is 4.98 Å². The number of anilines is 2. The summed E-state index contributed by atoms with van der Waals surface area (Å²) in [6, 6.07) is -4.92. The van der Waals surface area contributed by atoms with E-state index in [-0.39, 0.29) is 17.7 Å². The molecule has 0 aliphatic carbocycles. The molecule has 24 heavy (non-hydrogen) atoms. The zero-order valence-corrected chi connectivity index (χ0v) is 13.2. The summed E-state index contributed by atoms with van der Waals surface area (Å²) < 4.78 is 84.4. The van der Waals surface area contributed by atoms with Gasteiger partial charge < -0.3 is 10.6 Å². The van der Waals surface area contributed by atoms with E-state index < -0.39 is 54.1 Å². The predicted octanol–water partition coefficient (Wildman–Crippen LogP) is 3.77. The van der Waals surface area contributed by atoms with Gasteiger partial charge >= 0.3 is 6.18 Å². The number of nitrogens with one attached hydrogen (secondary N) is 2. The Morgan fingerprint density at radius 2 is 1.79 bits per heavy atom. The molecule has 0 saturated carbocycles. The van der Waals surface area contributed by atoms with Crippen molar-refractivity contribution in [3.8, 4) is 11.5 Å². The quantitative estimate of drug-likeness (QED) is 0.784. The second kappa shape index (κ2) is 7.16. The molecular formula is C14H16ClF3N6. The molecule has 2 rings (SSSR count). The van der Waals surface area contributed by atoms with Gasteiger partial charge in [-0.3, -0.25) is 0 Å². The number of rotatable bonds is 5. The van der Waals surface area contributed by atoms with Crippen molar-refractivity contribution in [1.82, 2.24) is 19.9 Å². The van der Waals surface area contributed by atoms with Crippen molar-refractivity contribution in [1.29, 1.82) is 0 Å². The molecule has 10 heteroatoms. The van der Waals surface area contributed by atoms with Gasteiger partial charge in [0.15, 0.2) is 5.82 Å². The molecule has 0 aromatic carbocycles. The molecule has 2 aromatic rings. The Hall–Kier alpha value is -2.16. The van der Waals surface area contributed by atoms with Crippen molar-refractivity contribution < 1.29 is 21.4 Å². The first-order chi connectivity index (χ1) is 13.6. The maximum Gasteiger partial charge on any atom is 0.408 e. The van der Waals surface area contributed by atoms with E-state index in [2.05, 4.69) is 25.3 Å². The molecule has 130 valence electrons. The minimum absolute atomic E-state index is 0.220. The van der Waals surface area contributed by atoms with Gasteiger partial charge in [-0.2, -0.15) is 28.1 Å². The molecular weight excluding hydrogens is 345 g/mol. The van der Waals surface area contributed by atoms with Crippen LogP contribution in [0.25, 0.3) is 11.5 Å². The maximum atomic E-state index is 13.2. The van der Waals surface area contributed by atoms with Crippen LogP contribution >= 0.6 is 11.6 Å². The van der Waals surface area contributed by atoms with Crippen molar-refractivity contribution in [3.05, 3.63) is 23.3 Å². The Labute approximate surface area is 150 Å². The number of hydrogen-bond acceptors (Lipinski definition) is 6. The van der Waals surface area contributed by atoms with Gasteiger partial charge in [0.1, 0.15) is 16.9 Å². The molecule has 2 heterocycles. The van der Waals surface area contributed by atoms with Crippen LogP contribution in [-0.4, -0.2) is 38.2 Å².